The summed E-state index contributed by atoms with van der Waals surface area (Å²) in [5, 5.41) is 17.4. The van der Waals surface area contributed by atoms with E-state index in [1.54, 1.807) is 29.6 Å². The average molecular weight is 534 g/mol. The Balaban J connectivity index is 0.000000410. The van der Waals surface area contributed by atoms with Crippen LogP contribution in [0.4, 0.5) is 0 Å². The van der Waals surface area contributed by atoms with Crippen molar-refractivity contribution in [2.45, 2.75) is 13.8 Å². The zero-order valence-corrected chi connectivity index (χ0v) is 18.8. The maximum atomic E-state index is 8.12. The minimum absolute atomic E-state index is 0.250. The lowest BCUT2D eigenvalue weighted by Crippen LogP contribution is -1.97. The molecule has 4 aromatic rings. The minimum atomic E-state index is 0.250. The number of benzene rings is 2. The molecule has 2 heterocycles. The largest absolute Gasteiger partial charge is 0.373 e. The summed E-state index contributed by atoms with van der Waals surface area (Å²) in [6.07, 6.45) is 7.00. The fraction of sp³-hybridized carbons (Fsp3) is 0.100. The quantitative estimate of drug-likeness (QED) is 0.368. The fourth-order valence-electron chi connectivity index (χ4n) is 1.73. The predicted octanol–water partition coefficient (Wildman–Crippen LogP) is 2.81. The Morgan fingerprint density at radius 3 is 1.42 bits per heavy atom. The molecule has 0 saturated heterocycles. The molecule has 2 aromatic heterocycles. The summed E-state index contributed by atoms with van der Waals surface area (Å²) in [6.45, 7) is 4.15. The van der Waals surface area contributed by atoms with Crippen LogP contribution in [0.3, 0.4) is 0 Å². The van der Waals surface area contributed by atoms with Gasteiger partial charge in [-0.05, 0) is 60.7 Å². The first-order valence-electron chi connectivity index (χ1n) is 8.42. The zero-order chi connectivity index (χ0) is 23.3. The highest BCUT2D eigenvalue weighted by molar-refractivity contribution is 14.1. The van der Waals surface area contributed by atoms with Crippen molar-refractivity contribution >= 4 is 34.9 Å². The molecular weight excluding hydrogens is 515 g/mol. The highest BCUT2D eigenvalue weighted by Gasteiger charge is 1.94. The van der Waals surface area contributed by atoms with Gasteiger partial charge >= 0.3 is 12.3 Å². The van der Waals surface area contributed by atoms with Gasteiger partial charge in [0, 0.05) is 3.57 Å². The SMILES string of the molecule is Cc1ccc(-n2nccn2)cc1.Cc1ccc(I)cc1.O=C=O.O=C=O.c1cn[nH]n1. The number of aromatic amines is 1. The Morgan fingerprint density at radius 1 is 0.710 bits per heavy atom. The summed E-state index contributed by atoms with van der Waals surface area (Å²) in [5.41, 5.74) is 3.56. The number of hydrogen-bond donors (Lipinski definition) is 1. The summed E-state index contributed by atoms with van der Waals surface area (Å²) < 4.78 is 1.30. The number of nitrogens with zero attached hydrogens (tertiary/aromatic N) is 5. The third kappa shape index (κ3) is 14.8. The van der Waals surface area contributed by atoms with Gasteiger partial charge in [-0.2, -0.15) is 49.6 Å². The van der Waals surface area contributed by atoms with Crippen LogP contribution in [0.15, 0.2) is 73.3 Å². The molecular formula is C20H19IN6O4. The summed E-state index contributed by atoms with van der Waals surface area (Å²) in [5.74, 6) is 0. The topological polar surface area (TPSA) is 141 Å². The van der Waals surface area contributed by atoms with Crippen LogP contribution in [0, 0.1) is 17.4 Å². The molecule has 10 nitrogen and oxygen atoms in total. The summed E-state index contributed by atoms with van der Waals surface area (Å²) >= 11 is 2.30. The Hall–Kier alpha value is -3.79. The number of nitrogens with one attached hydrogen (secondary N) is 1. The van der Waals surface area contributed by atoms with Crippen molar-refractivity contribution in [2.24, 2.45) is 0 Å². The second-order valence-electron chi connectivity index (χ2n) is 5.27. The van der Waals surface area contributed by atoms with Crippen molar-refractivity contribution < 1.29 is 19.2 Å². The molecule has 0 unspecified atom stereocenters. The molecule has 0 aliphatic rings. The van der Waals surface area contributed by atoms with E-state index < -0.39 is 0 Å². The van der Waals surface area contributed by atoms with E-state index in [2.05, 4.69) is 86.3 Å². The van der Waals surface area contributed by atoms with Crippen LogP contribution >= 0.6 is 22.6 Å². The number of aromatic nitrogens is 6. The molecule has 11 heteroatoms. The van der Waals surface area contributed by atoms with E-state index in [4.69, 9.17) is 19.2 Å². The van der Waals surface area contributed by atoms with E-state index in [0.717, 1.165) is 5.69 Å². The Kier molecular flexibility index (Phi) is 16.0. The highest BCUT2D eigenvalue weighted by atomic mass is 127. The second-order valence-corrected chi connectivity index (χ2v) is 6.52. The lowest BCUT2D eigenvalue weighted by Gasteiger charge is -1.98. The number of carbonyl (C=O) groups excluding carboxylic acids is 4. The van der Waals surface area contributed by atoms with Crippen LogP contribution in [0.1, 0.15) is 11.1 Å². The first-order valence-corrected chi connectivity index (χ1v) is 9.50. The van der Waals surface area contributed by atoms with Crippen LogP contribution in [0.5, 0.6) is 0 Å². The molecule has 160 valence electrons. The van der Waals surface area contributed by atoms with E-state index in [1.807, 2.05) is 24.3 Å². The molecule has 0 aliphatic heterocycles. The lowest BCUT2D eigenvalue weighted by molar-refractivity contribution is -0.193. The van der Waals surface area contributed by atoms with Crippen LogP contribution in [-0.2, 0) is 19.2 Å². The van der Waals surface area contributed by atoms with Crippen molar-refractivity contribution in [2.75, 3.05) is 0 Å². The number of halogens is 1. The molecule has 0 radical (unpaired) electrons. The van der Waals surface area contributed by atoms with Crippen LogP contribution < -0.4 is 0 Å². The Labute approximate surface area is 191 Å². The predicted molar refractivity (Wildman–Crippen MR) is 116 cm³/mol. The summed E-state index contributed by atoms with van der Waals surface area (Å²) in [4.78, 5) is 34.1. The maximum absolute atomic E-state index is 8.12. The van der Waals surface area contributed by atoms with Crippen LogP contribution in [0.2, 0.25) is 0 Å². The summed E-state index contributed by atoms with van der Waals surface area (Å²) in [6, 6.07) is 16.5. The van der Waals surface area contributed by atoms with Gasteiger partial charge in [0.1, 0.15) is 0 Å². The number of hydrogen-bond acceptors (Lipinski definition) is 8. The monoisotopic (exact) mass is 534 g/mol. The molecule has 0 bridgehead atoms. The second kappa shape index (κ2) is 18.3. The third-order valence-electron chi connectivity index (χ3n) is 3.03. The van der Waals surface area contributed by atoms with Gasteiger partial charge in [0.05, 0.1) is 30.5 Å². The van der Waals surface area contributed by atoms with Crippen LogP contribution in [0.25, 0.3) is 5.69 Å². The standard InChI is InChI=1S/C9H9N3.C7H7I.C2H3N3.2CO2/c1-8-2-4-9(5-3-8)12-10-6-7-11-12;1-6-2-4-7(8)5-3-6;1-2-4-5-3-1;2*2-1-3/h2-7H,1H3;2-5H,1H3;1-2H,(H,3,4,5);;. The minimum Gasteiger partial charge on any atom is -0.198 e. The third-order valence-corrected chi connectivity index (χ3v) is 3.74. The van der Waals surface area contributed by atoms with E-state index in [0.29, 0.717) is 0 Å². The Bertz CT molecular complexity index is 943. The summed E-state index contributed by atoms with van der Waals surface area (Å²) in [7, 11) is 0. The Morgan fingerprint density at radius 2 is 1.10 bits per heavy atom. The van der Waals surface area contributed by atoms with Crippen molar-refractivity contribution in [3.8, 4) is 5.69 Å². The highest BCUT2D eigenvalue weighted by Crippen LogP contribution is 2.05. The van der Waals surface area contributed by atoms with Gasteiger partial charge in [-0.1, -0.05) is 35.4 Å². The molecule has 0 saturated carbocycles. The molecule has 0 spiro atoms. The van der Waals surface area contributed by atoms with E-state index in [1.165, 1.54) is 14.7 Å². The fourth-order valence-corrected chi connectivity index (χ4v) is 2.09. The first-order chi connectivity index (χ1) is 15.0. The molecule has 0 fully saturated rings. The smallest absolute Gasteiger partial charge is 0.198 e. The van der Waals surface area contributed by atoms with Gasteiger partial charge in [0.15, 0.2) is 0 Å². The van der Waals surface area contributed by atoms with E-state index in [-0.39, 0.29) is 12.3 Å². The van der Waals surface area contributed by atoms with Crippen molar-refractivity contribution in [1.82, 2.24) is 30.4 Å². The molecule has 2 aromatic carbocycles. The number of aryl methyl sites for hydroxylation is 2. The molecule has 0 atom stereocenters. The van der Waals surface area contributed by atoms with Gasteiger partial charge in [-0.15, -0.1) is 0 Å². The average Bonchev–Trinajstić information content (AvgIpc) is 3.50. The lowest BCUT2D eigenvalue weighted by atomic mass is 10.2. The van der Waals surface area contributed by atoms with Gasteiger partial charge in [-0.3, -0.25) is 0 Å². The van der Waals surface area contributed by atoms with Gasteiger partial charge in [-0.25, -0.2) is 0 Å². The van der Waals surface area contributed by atoms with Gasteiger partial charge in [0.25, 0.3) is 0 Å². The number of H-pyrrole nitrogens is 1. The van der Waals surface area contributed by atoms with Crippen molar-refractivity contribution in [3.05, 3.63) is 88.0 Å². The normalized spacial score (nSPS) is 8.10. The van der Waals surface area contributed by atoms with Crippen molar-refractivity contribution in [3.63, 3.8) is 0 Å². The van der Waals surface area contributed by atoms with E-state index in [9.17, 15) is 0 Å². The zero-order valence-electron chi connectivity index (χ0n) is 16.7. The molecule has 0 amide bonds. The molecule has 1 N–H and O–H groups in total. The van der Waals surface area contributed by atoms with E-state index >= 15 is 0 Å². The first kappa shape index (κ1) is 27.2. The number of rotatable bonds is 1. The molecule has 0 aliphatic carbocycles. The van der Waals surface area contributed by atoms with Gasteiger partial charge in [0.2, 0.25) is 0 Å². The van der Waals surface area contributed by atoms with Crippen molar-refractivity contribution in [1.29, 1.82) is 0 Å². The maximum Gasteiger partial charge on any atom is 0.373 e. The van der Waals surface area contributed by atoms with Gasteiger partial charge < -0.3 is 0 Å². The van der Waals surface area contributed by atoms with Crippen LogP contribution in [-0.4, -0.2) is 42.7 Å². The molecule has 4 rings (SSSR count). The molecule has 31 heavy (non-hydrogen) atoms.